The minimum absolute atomic E-state index is 0.0460. The number of hydrogen-bond acceptors (Lipinski definition) is 4. The Labute approximate surface area is 138 Å². The van der Waals surface area contributed by atoms with Crippen LogP contribution in [-0.2, 0) is 10.0 Å². The van der Waals surface area contributed by atoms with Gasteiger partial charge in [-0.25, -0.2) is 17.9 Å². The van der Waals surface area contributed by atoms with Gasteiger partial charge in [0.1, 0.15) is 4.90 Å². The maximum absolute atomic E-state index is 12.6. The summed E-state index contributed by atoms with van der Waals surface area (Å²) in [5, 5.41) is 12.3. The second-order valence-corrected chi connectivity index (χ2v) is 8.36. The number of rotatable bonds is 7. The predicted molar refractivity (Wildman–Crippen MR) is 91.5 cm³/mol. The zero-order valence-electron chi connectivity index (χ0n) is 14.3. The van der Waals surface area contributed by atoms with E-state index in [0.29, 0.717) is 5.69 Å². The van der Waals surface area contributed by atoms with Gasteiger partial charge in [-0.05, 0) is 52.3 Å². The summed E-state index contributed by atoms with van der Waals surface area (Å²) in [4.78, 5) is 11.1. The molecule has 1 aromatic carbocycles. The maximum atomic E-state index is 12.6. The Balaban J connectivity index is 3.34. The molecule has 0 heterocycles. The quantitative estimate of drug-likeness (QED) is 0.708. The summed E-state index contributed by atoms with van der Waals surface area (Å²) in [6.07, 6.45) is 1.84. The smallest absolute Gasteiger partial charge is 0.335 e. The highest BCUT2D eigenvalue weighted by atomic mass is 32.2. The summed E-state index contributed by atoms with van der Waals surface area (Å²) >= 11 is 0. The number of carbonyl (C=O) groups is 1. The van der Waals surface area contributed by atoms with Gasteiger partial charge < -0.3 is 10.4 Å². The van der Waals surface area contributed by atoms with Crippen molar-refractivity contribution in [2.45, 2.75) is 63.9 Å². The van der Waals surface area contributed by atoms with Gasteiger partial charge in [0.15, 0.2) is 0 Å². The molecule has 130 valence electrons. The topological polar surface area (TPSA) is 95.5 Å². The molecule has 0 bridgehead atoms. The van der Waals surface area contributed by atoms with Gasteiger partial charge in [-0.1, -0.05) is 13.3 Å². The van der Waals surface area contributed by atoms with E-state index in [-0.39, 0.29) is 16.5 Å². The van der Waals surface area contributed by atoms with Crippen LogP contribution in [-0.4, -0.2) is 31.1 Å². The number of aromatic carboxylic acids is 1. The molecule has 0 radical (unpaired) electrons. The number of carboxylic acid groups (broad SMARTS) is 1. The minimum Gasteiger partial charge on any atom is -0.478 e. The molecule has 0 aliphatic heterocycles. The lowest BCUT2D eigenvalue weighted by atomic mass is 10.1. The molecule has 0 amide bonds. The monoisotopic (exact) mass is 342 g/mol. The first kappa shape index (κ1) is 19.4. The van der Waals surface area contributed by atoms with E-state index in [1.165, 1.54) is 18.2 Å². The molecule has 3 N–H and O–H groups in total. The average Bonchev–Trinajstić information content (AvgIpc) is 2.36. The van der Waals surface area contributed by atoms with Crippen LogP contribution >= 0.6 is 0 Å². The molecule has 1 aromatic rings. The van der Waals surface area contributed by atoms with E-state index in [4.69, 9.17) is 5.11 Å². The third kappa shape index (κ3) is 5.84. The highest BCUT2D eigenvalue weighted by Gasteiger charge is 2.26. The predicted octanol–water partition coefficient (Wildman–Crippen LogP) is 3.06. The number of sulfonamides is 1. The van der Waals surface area contributed by atoms with Crippen molar-refractivity contribution in [3.63, 3.8) is 0 Å². The first-order chi connectivity index (χ1) is 10.5. The van der Waals surface area contributed by atoms with Crippen LogP contribution in [0.4, 0.5) is 5.69 Å². The molecular formula is C16H26N2O4S. The van der Waals surface area contributed by atoms with Gasteiger partial charge in [0, 0.05) is 11.6 Å². The normalized spacial score (nSPS) is 13.6. The lowest BCUT2D eigenvalue weighted by Gasteiger charge is -2.23. The molecule has 0 saturated carbocycles. The number of nitrogens with one attached hydrogen (secondary N) is 2. The molecule has 1 atom stereocenters. The summed E-state index contributed by atoms with van der Waals surface area (Å²) < 4.78 is 27.8. The summed E-state index contributed by atoms with van der Waals surface area (Å²) in [5.74, 6) is -1.16. The molecular weight excluding hydrogens is 316 g/mol. The van der Waals surface area contributed by atoms with E-state index < -0.39 is 21.5 Å². The third-order valence-electron chi connectivity index (χ3n) is 3.08. The van der Waals surface area contributed by atoms with E-state index in [1.807, 2.05) is 13.8 Å². The zero-order chi connectivity index (χ0) is 17.8. The minimum atomic E-state index is -3.84. The van der Waals surface area contributed by atoms with Crippen molar-refractivity contribution >= 4 is 21.7 Å². The van der Waals surface area contributed by atoms with E-state index in [2.05, 4.69) is 10.0 Å². The molecule has 0 aliphatic rings. The molecule has 0 unspecified atom stereocenters. The van der Waals surface area contributed by atoms with E-state index in [9.17, 15) is 13.2 Å². The fourth-order valence-electron chi connectivity index (χ4n) is 2.23. The molecule has 23 heavy (non-hydrogen) atoms. The Morgan fingerprint density at radius 3 is 2.39 bits per heavy atom. The first-order valence-electron chi connectivity index (χ1n) is 7.64. The Kier molecular flexibility index (Phi) is 6.18. The molecule has 0 fully saturated rings. The van der Waals surface area contributed by atoms with Crippen LogP contribution < -0.4 is 10.0 Å². The van der Waals surface area contributed by atoms with Crippen molar-refractivity contribution in [2.75, 3.05) is 5.32 Å². The van der Waals surface area contributed by atoms with E-state index in [1.54, 1.807) is 20.8 Å². The van der Waals surface area contributed by atoms with Crippen molar-refractivity contribution in [2.24, 2.45) is 0 Å². The second kappa shape index (κ2) is 7.31. The molecule has 7 heteroatoms. The van der Waals surface area contributed by atoms with Crippen LogP contribution in [0.1, 0.15) is 57.8 Å². The number of anilines is 1. The van der Waals surface area contributed by atoms with Gasteiger partial charge in [0.2, 0.25) is 10.0 Å². The van der Waals surface area contributed by atoms with Crippen LogP contribution in [0, 0.1) is 0 Å². The number of benzene rings is 1. The van der Waals surface area contributed by atoms with Crippen molar-refractivity contribution in [3.8, 4) is 0 Å². The van der Waals surface area contributed by atoms with Crippen LogP contribution in [0.5, 0.6) is 0 Å². The Morgan fingerprint density at radius 1 is 1.30 bits per heavy atom. The standard InChI is InChI=1S/C16H26N2O4S/c1-6-7-11(2)17-13-9-8-12(15(19)20)10-14(13)23(21,22)18-16(3,4)5/h8-11,17-18H,6-7H2,1-5H3,(H,19,20)/t11-/m0/s1. The third-order valence-corrected chi connectivity index (χ3v) is 4.88. The second-order valence-electron chi connectivity index (χ2n) is 6.71. The summed E-state index contributed by atoms with van der Waals surface area (Å²) in [6.45, 7) is 9.21. The molecule has 0 aromatic heterocycles. The highest BCUT2D eigenvalue weighted by Crippen LogP contribution is 2.25. The Bertz CT molecular complexity index is 663. The van der Waals surface area contributed by atoms with Gasteiger partial charge in [0.05, 0.1) is 11.3 Å². The van der Waals surface area contributed by atoms with Crippen molar-refractivity contribution < 1.29 is 18.3 Å². The van der Waals surface area contributed by atoms with Crippen LogP contribution in [0.3, 0.4) is 0 Å². The summed E-state index contributed by atoms with van der Waals surface area (Å²) in [5.41, 5.74) is -0.314. The molecule has 1 rings (SSSR count). The first-order valence-corrected chi connectivity index (χ1v) is 9.12. The van der Waals surface area contributed by atoms with Crippen LogP contribution in [0.25, 0.3) is 0 Å². The lowest BCUT2D eigenvalue weighted by Crippen LogP contribution is -2.40. The van der Waals surface area contributed by atoms with Crippen molar-refractivity contribution in [1.82, 2.24) is 4.72 Å². The Morgan fingerprint density at radius 2 is 1.91 bits per heavy atom. The van der Waals surface area contributed by atoms with Crippen molar-refractivity contribution in [3.05, 3.63) is 23.8 Å². The van der Waals surface area contributed by atoms with E-state index in [0.717, 1.165) is 12.8 Å². The fraction of sp³-hybridized carbons (Fsp3) is 0.562. The largest absolute Gasteiger partial charge is 0.478 e. The Hall–Kier alpha value is -1.60. The lowest BCUT2D eigenvalue weighted by molar-refractivity contribution is 0.0696. The number of hydrogen-bond donors (Lipinski definition) is 3. The fourth-order valence-corrected chi connectivity index (χ4v) is 3.84. The highest BCUT2D eigenvalue weighted by molar-refractivity contribution is 7.89. The van der Waals surface area contributed by atoms with Gasteiger partial charge >= 0.3 is 5.97 Å². The average molecular weight is 342 g/mol. The summed E-state index contributed by atoms with van der Waals surface area (Å²) in [7, 11) is -3.84. The van der Waals surface area contributed by atoms with Crippen LogP contribution in [0.2, 0.25) is 0 Å². The SMILES string of the molecule is CCC[C@H](C)Nc1ccc(C(=O)O)cc1S(=O)(=O)NC(C)(C)C. The van der Waals surface area contributed by atoms with Gasteiger partial charge in [-0.15, -0.1) is 0 Å². The molecule has 0 spiro atoms. The van der Waals surface area contributed by atoms with Crippen LogP contribution in [0.15, 0.2) is 23.1 Å². The maximum Gasteiger partial charge on any atom is 0.335 e. The molecule has 0 saturated heterocycles. The van der Waals surface area contributed by atoms with Gasteiger partial charge in [-0.3, -0.25) is 0 Å². The van der Waals surface area contributed by atoms with Gasteiger partial charge in [-0.2, -0.15) is 0 Å². The van der Waals surface area contributed by atoms with Gasteiger partial charge in [0.25, 0.3) is 0 Å². The molecule has 6 nitrogen and oxygen atoms in total. The van der Waals surface area contributed by atoms with Crippen molar-refractivity contribution in [1.29, 1.82) is 0 Å². The number of carboxylic acids is 1. The van der Waals surface area contributed by atoms with E-state index >= 15 is 0 Å². The summed E-state index contributed by atoms with van der Waals surface area (Å²) in [6, 6.07) is 4.18. The molecule has 0 aliphatic carbocycles. The zero-order valence-corrected chi connectivity index (χ0v) is 15.1.